The Balaban J connectivity index is 1.84. The van der Waals surface area contributed by atoms with Crippen molar-refractivity contribution in [2.75, 3.05) is 13.2 Å². The van der Waals surface area contributed by atoms with Crippen molar-refractivity contribution < 1.29 is 23.5 Å². The molecule has 0 saturated carbocycles. The second-order valence-corrected chi connectivity index (χ2v) is 8.35. The normalized spacial score (nSPS) is 15.2. The number of hydrogen-bond acceptors (Lipinski definition) is 5. The molecule has 0 atom stereocenters. The molecule has 0 aliphatic carbocycles. The molecule has 0 spiro atoms. The predicted octanol–water partition coefficient (Wildman–Crippen LogP) is 6.01. The summed E-state index contributed by atoms with van der Waals surface area (Å²) in [5.74, 6) is 0.432. The number of benzene rings is 2. The molecule has 30 heavy (non-hydrogen) atoms. The minimum Gasteiger partial charge on any atom is -0.490 e. The molecule has 1 aliphatic heterocycles. The van der Waals surface area contributed by atoms with Crippen LogP contribution in [0.5, 0.6) is 11.5 Å². The van der Waals surface area contributed by atoms with Crippen LogP contribution in [0, 0.1) is 5.82 Å². The third-order valence-corrected chi connectivity index (χ3v) is 5.70. The van der Waals surface area contributed by atoms with Gasteiger partial charge >= 0.3 is 0 Å². The number of hydrogen-bond donors (Lipinski definition) is 0. The van der Waals surface area contributed by atoms with Crippen LogP contribution in [0.2, 0.25) is 0 Å². The van der Waals surface area contributed by atoms with E-state index in [-0.39, 0.29) is 23.5 Å². The Morgan fingerprint density at radius 2 is 1.87 bits per heavy atom. The van der Waals surface area contributed by atoms with Gasteiger partial charge in [0.25, 0.3) is 11.1 Å². The molecule has 5 nitrogen and oxygen atoms in total. The fourth-order valence-electron chi connectivity index (χ4n) is 2.84. The summed E-state index contributed by atoms with van der Waals surface area (Å²) in [6.07, 6.45) is 2.52. The second kappa shape index (κ2) is 10.1. The van der Waals surface area contributed by atoms with Crippen LogP contribution < -0.4 is 9.47 Å². The smallest absolute Gasteiger partial charge is 0.293 e. The molecule has 0 unspecified atom stereocenters. The molecule has 158 valence electrons. The van der Waals surface area contributed by atoms with E-state index < -0.39 is 0 Å². The summed E-state index contributed by atoms with van der Waals surface area (Å²) in [5, 5.41) is -0.359. The first-order valence-electron chi connectivity index (χ1n) is 9.51. The Kier molecular flexibility index (Phi) is 7.55. The molecule has 1 saturated heterocycles. The number of carbonyl (C=O) groups excluding carboxylic acids is 2. The monoisotopic (exact) mass is 493 g/mol. The van der Waals surface area contributed by atoms with Gasteiger partial charge in [-0.15, -0.1) is 0 Å². The lowest BCUT2D eigenvalue weighted by atomic mass is 10.1. The Morgan fingerprint density at radius 3 is 2.53 bits per heavy atom. The van der Waals surface area contributed by atoms with Gasteiger partial charge in [0.05, 0.1) is 29.1 Å². The summed E-state index contributed by atoms with van der Waals surface area (Å²) < 4.78 is 25.3. The van der Waals surface area contributed by atoms with Crippen LogP contribution in [0.4, 0.5) is 9.18 Å². The summed E-state index contributed by atoms with van der Waals surface area (Å²) >= 11 is 4.38. The van der Waals surface area contributed by atoms with E-state index in [1.165, 1.54) is 12.1 Å². The zero-order valence-corrected chi connectivity index (χ0v) is 19.0. The molecular formula is C22H21BrFNO4S. The van der Waals surface area contributed by atoms with Crippen molar-refractivity contribution in [2.24, 2.45) is 0 Å². The molecule has 2 amide bonds. The van der Waals surface area contributed by atoms with E-state index in [4.69, 9.17) is 9.47 Å². The Hall–Kier alpha value is -2.32. The quantitative estimate of drug-likeness (QED) is 0.421. The minimum absolute atomic E-state index is 0.0972. The van der Waals surface area contributed by atoms with E-state index in [1.54, 1.807) is 24.3 Å². The first-order valence-corrected chi connectivity index (χ1v) is 11.1. The number of thioether (sulfide) groups is 1. The van der Waals surface area contributed by atoms with Gasteiger partial charge < -0.3 is 9.47 Å². The second-order valence-electron chi connectivity index (χ2n) is 6.51. The maximum absolute atomic E-state index is 13.1. The molecule has 0 radical (unpaired) electrons. The molecule has 1 fully saturated rings. The fraction of sp³-hybridized carbons (Fsp3) is 0.273. The van der Waals surface area contributed by atoms with Crippen molar-refractivity contribution >= 4 is 44.9 Å². The molecule has 0 N–H and O–H groups in total. The van der Waals surface area contributed by atoms with E-state index in [1.807, 2.05) is 19.9 Å². The van der Waals surface area contributed by atoms with Crippen LogP contribution in [-0.4, -0.2) is 29.3 Å². The number of amides is 2. The van der Waals surface area contributed by atoms with Crippen LogP contribution in [0.3, 0.4) is 0 Å². The predicted molar refractivity (Wildman–Crippen MR) is 119 cm³/mol. The standard InChI is InChI=1S/C22H21BrFNO4S/c1-3-9-29-20-17(23)10-15(11-18(20)28-4-2)12-19-21(26)25(22(27)30-19)13-14-5-7-16(24)8-6-14/h5-8,10-12H,3-4,9,13H2,1-2H3/b19-12-. The van der Waals surface area contributed by atoms with Gasteiger partial charge in [0.1, 0.15) is 5.82 Å². The molecule has 0 aromatic heterocycles. The molecule has 2 aromatic rings. The number of nitrogens with zero attached hydrogens (tertiary/aromatic N) is 1. The fourth-order valence-corrected chi connectivity index (χ4v) is 4.25. The lowest BCUT2D eigenvalue weighted by Gasteiger charge is -2.14. The maximum atomic E-state index is 13.1. The van der Waals surface area contributed by atoms with Crippen LogP contribution in [0.25, 0.3) is 6.08 Å². The van der Waals surface area contributed by atoms with Gasteiger partial charge in [-0.05, 0) is 82.5 Å². The Morgan fingerprint density at radius 1 is 1.13 bits per heavy atom. The van der Waals surface area contributed by atoms with Gasteiger partial charge in [0, 0.05) is 0 Å². The molecule has 1 aliphatic rings. The lowest BCUT2D eigenvalue weighted by Crippen LogP contribution is -2.27. The van der Waals surface area contributed by atoms with E-state index in [2.05, 4.69) is 15.9 Å². The Bertz CT molecular complexity index is 978. The van der Waals surface area contributed by atoms with Crippen LogP contribution >= 0.6 is 27.7 Å². The van der Waals surface area contributed by atoms with E-state index in [0.29, 0.717) is 45.2 Å². The summed E-state index contributed by atoms with van der Waals surface area (Å²) in [6, 6.07) is 9.33. The molecule has 1 heterocycles. The third-order valence-electron chi connectivity index (χ3n) is 4.21. The number of rotatable bonds is 8. The molecule has 8 heteroatoms. The van der Waals surface area contributed by atoms with Crippen molar-refractivity contribution in [1.82, 2.24) is 4.90 Å². The highest BCUT2D eigenvalue weighted by molar-refractivity contribution is 9.10. The van der Waals surface area contributed by atoms with Crippen molar-refractivity contribution in [3.63, 3.8) is 0 Å². The minimum atomic E-state index is -0.380. The van der Waals surface area contributed by atoms with Crippen molar-refractivity contribution in [3.05, 3.63) is 62.7 Å². The zero-order chi connectivity index (χ0) is 21.7. The molecule has 2 aromatic carbocycles. The van der Waals surface area contributed by atoms with Crippen LogP contribution in [-0.2, 0) is 11.3 Å². The largest absolute Gasteiger partial charge is 0.490 e. The highest BCUT2D eigenvalue weighted by atomic mass is 79.9. The molecular weight excluding hydrogens is 473 g/mol. The molecule has 3 rings (SSSR count). The zero-order valence-electron chi connectivity index (χ0n) is 16.6. The summed E-state index contributed by atoms with van der Waals surface area (Å²) in [4.78, 5) is 26.6. The summed E-state index contributed by atoms with van der Waals surface area (Å²) in [6.45, 7) is 5.02. The Labute approximate surface area is 187 Å². The van der Waals surface area contributed by atoms with Crippen LogP contribution in [0.15, 0.2) is 45.8 Å². The van der Waals surface area contributed by atoms with Gasteiger partial charge in [-0.2, -0.15) is 0 Å². The SMILES string of the molecule is CCCOc1c(Br)cc(/C=C2\SC(=O)N(Cc3ccc(F)cc3)C2=O)cc1OCC. The topological polar surface area (TPSA) is 55.8 Å². The average Bonchev–Trinajstić information content (AvgIpc) is 2.96. The van der Waals surface area contributed by atoms with E-state index in [9.17, 15) is 14.0 Å². The molecule has 0 bridgehead atoms. The third kappa shape index (κ3) is 5.23. The van der Waals surface area contributed by atoms with E-state index >= 15 is 0 Å². The van der Waals surface area contributed by atoms with Crippen molar-refractivity contribution in [1.29, 1.82) is 0 Å². The number of carbonyl (C=O) groups is 2. The maximum Gasteiger partial charge on any atom is 0.293 e. The number of halogens is 2. The van der Waals surface area contributed by atoms with Gasteiger partial charge in [-0.3, -0.25) is 14.5 Å². The van der Waals surface area contributed by atoms with Crippen LogP contribution in [0.1, 0.15) is 31.4 Å². The van der Waals surface area contributed by atoms with Crippen molar-refractivity contribution in [2.45, 2.75) is 26.8 Å². The van der Waals surface area contributed by atoms with Gasteiger partial charge in [0.2, 0.25) is 0 Å². The summed E-state index contributed by atoms with van der Waals surface area (Å²) in [5.41, 5.74) is 1.39. The highest BCUT2D eigenvalue weighted by Gasteiger charge is 2.35. The van der Waals surface area contributed by atoms with Gasteiger partial charge in [0.15, 0.2) is 11.5 Å². The lowest BCUT2D eigenvalue weighted by molar-refractivity contribution is -0.123. The number of imide groups is 1. The van der Waals surface area contributed by atoms with Gasteiger partial charge in [-0.25, -0.2) is 4.39 Å². The van der Waals surface area contributed by atoms with Gasteiger partial charge in [-0.1, -0.05) is 19.1 Å². The van der Waals surface area contributed by atoms with Crippen molar-refractivity contribution in [3.8, 4) is 11.5 Å². The first kappa shape index (κ1) is 22.4. The average molecular weight is 494 g/mol. The highest BCUT2D eigenvalue weighted by Crippen LogP contribution is 2.39. The first-order chi connectivity index (χ1) is 14.4. The summed E-state index contributed by atoms with van der Waals surface area (Å²) in [7, 11) is 0. The number of ether oxygens (including phenoxy) is 2. The van der Waals surface area contributed by atoms with E-state index in [0.717, 1.165) is 23.1 Å².